The second-order valence-corrected chi connectivity index (χ2v) is 1.65. The molecule has 0 aromatic heterocycles. The zero-order valence-corrected chi connectivity index (χ0v) is 7.70. The van der Waals surface area contributed by atoms with Crippen LogP contribution in [0.3, 0.4) is 0 Å². The Bertz CT molecular complexity index is 141. The molecule has 0 saturated heterocycles. The van der Waals surface area contributed by atoms with Gasteiger partial charge in [0, 0.05) is 0 Å². The number of hydrogen-bond acceptors (Lipinski definition) is 0. The van der Waals surface area contributed by atoms with Crippen LogP contribution >= 0.6 is 11.6 Å². The molecule has 0 amide bonds. The fourth-order valence-electron chi connectivity index (χ4n) is 0.367. The Morgan fingerprint density at radius 2 is 1.67 bits per heavy atom. The van der Waals surface area contributed by atoms with Crippen LogP contribution in [0.4, 0.5) is 0 Å². The molecule has 0 spiro atoms. The van der Waals surface area contributed by atoms with Crippen LogP contribution in [0.1, 0.15) is 0 Å². The molecule has 0 aliphatic heterocycles. The molecular formula is C6H4Cl2Mg. The Morgan fingerprint density at radius 1 is 1.22 bits per heavy atom. The maximum atomic E-state index is 5.52. The molecule has 0 nitrogen and oxygen atoms in total. The maximum absolute atomic E-state index is 5.52. The minimum Gasteiger partial charge on any atom is -1.00 e. The standard InChI is InChI=1S/C6H4Cl.ClH.Mg/c7-6-4-2-1-3-5-6;;/h2-5H;1H;/q-1;;+2/p-1. The van der Waals surface area contributed by atoms with Gasteiger partial charge >= 0.3 is 23.1 Å². The van der Waals surface area contributed by atoms with Gasteiger partial charge < -0.3 is 12.4 Å². The summed E-state index contributed by atoms with van der Waals surface area (Å²) in [5.74, 6) is 0. The Balaban J connectivity index is 0. The smallest absolute Gasteiger partial charge is 1.00 e. The van der Waals surface area contributed by atoms with Gasteiger partial charge in [0.05, 0.1) is 0 Å². The van der Waals surface area contributed by atoms with E-state index in [0.717, 1.165) is 5.02 Å². The molecule has 0 fully saturated rings. The molecule has 44 valence electrons. The first kappa shape index (κ1) is 12.3. The topological polar surface area (TPSA) is 0 Å². The molecule has 9 heavy (non-hydrogen) atoms. The van der Waals surface area contributed by atoms with Gasteiger partial charge in [-0.1, -0.05) is 5.02 Å². The van der Waals surface area contributed by atoms with Crippen molar-refractivity contribution in [3.63, 3.8) is 0 Å². The largest absolute Gasteiger partial charge is 2.00 e. The third kappa shape index (κ3) is 5.03. The predicted molar refractivity (Wildman–Crippen MR) is 36.0 cm³/mol. The summed E-state index contributed by atoms with van der Waals surface area (Å²) in [6.45, 7) is 0. The summed E-state index contributed by atoms with van der Waals surface area (Å²) in [4.78, 5) is 0. The maximum Gasteiger partial charge on any atom is 2.00 e. The monoisotopic (exact) mass is 170 g/mol. The van der Waals surface area contributed by atoms with E-state index < -0.39 is 0 Å². The van der Waals surface area contributed by atoms with Crippen molar-refractivity contribution in [2.45, 2.75) is 0 Å². The van der Waals surface area contributed by atoms with Crippen LogP contribution in [-0.2, 0) is 0 Å². The van der Waals surface area contributed by atoms with E-state index in [1.165, 1.54) is 0 Å². The van der Waals surface area contributed by atoms with E-state index in [0.29, 0.717) is 0 Å². The summed E-state index contributed by atoms with van der Waals surface area (Å²) >= 11 is 5.52. The minimum atomic E-state index is 0. The Morgan fingerprint density at radius 3 is 1.89 bits per heavy atom. The van der Waals surface area contributed by atoms with Crippen molar-refractivity contribution >= 4 is 34.7 Å². The van der Waals surface area contributed by atoms with Crippen LogP contribution in [0, 0.1) is 6.07 Å². The summed E-state index contributed by atoms with van der Waals surface area (Å²) in [7, 11) is 0. The third-order valence-corrected chi connectivity index (χ3v) is 0.930. The molecule has 0 heterocycles. The van der Waals surface area contributed by atoms with Crippen molar-refractivity contribution in [3.8, 4) is 0 Å². The normalized spacial score (nSPS) is 6.78. The van der Waals surface area contributed by atoms with Crippen molar-refractivity contribution in [2.75, 3.05) is 0 Å². The van der Waals surface area contributed by atoms with Crippen LogP contribution in [0.5, 0.6) is 0 Å². The van der Waals surface area contributed by atoms with Gasteiger partial charge in [0.15, 0.2) is 0 Å². The summed E-state index contributed by atoms with van der Waals surface area (Å²) in [5.41, 5.74) is 0. The van der Waals surface area contributed by atoms with E-state index >= 15 is 0 Å². The van der Waals surface area contributed by atoms with E-state index in [2.05, 4.69) is 6.07 Å². The van der Waals surface area contributed by atoms with Crippen LogP contribution in [0.15, 0.2) is 24.3 Å². The van der Waals surface area contributed by atoms with Gasteiger partial charge in [0.2, 0.25) is 0 Å². The van der Waals surface area contributed by atoms with Crippen molar-refractivity contribution < 1.29 is 12.4 Å². The van der Waals surface area contributed by atoms with Crippen molar-refractivity contribution in [3.05, 3.63) is 35.4 Å². The van der Waals surface area contributed by atoms with Gasteiger partial charge in [-0.15, -0.1) is 11.6 Å². The molecule has 1 aromatic rings. The van der Waals surface area contributed by atoms with Crippen molar-refractivity contribution in [2.24, 2.45) is 0 Å². The molecular weight excluding hydrogens is 167 g/mol. The number of benzene rings is 1. The van der Waals surface area contributed by atoms with Gasteiger partial charge in [-0.25, -0.2) is 0 Å². The minimum absolute atomic E-state index is 0. The summed E-state index contributed by atoms with van der Waals surface area (Å²) in [5, 5.41) is 0.763. The van der Waals surface area contributed by atoms with E-state index in [-0.39, 0.29) is 35.5 Å². The fraction of sp³-hybridized carbons (Fsp3) is 0. The number of rotatable bonds is 0. The SMILES string of the molecule is Clc1cc[c-]cc1.[Cl-].[Mg+2]. The first-order chi connectivity index (χ1) is 3.39. The Labute approximate surface area is 82.2 Å². The van der Waals surface area contributed by atoms with Crippen molar-refractivity contribution in [1.82, 2.24) is 0 Å². The molecule has 0 aliphatic carbocycles. The summed E-state index contributed by atoms with van der Waals surface area (Å²) in [6.07, 6.45) is 0. The molecule has 1 aromatic carbocycles. The number of halogens is 2. The molecule has 0 radical (unpaired) electrons. The second-order valence-electron chi connectivity index (χ2n) is 1.22. The second kappa shape index (κ2) is 6.68. The fourth-order valence-corrected chi connectivity index (χ4v) is 0.493. The molecule has 3 heteroatoms. The van der Waals surface area contributed by atoms with Gasteiger partial charge in [-0.3, -0.25) is 0 Å². The Kier molecular flexibility index (Phi) is 9.11. The van der Waals surface area contributed by atoms with E-state index in [1.807, 2.05) is 0 Å². The predicted octanol–water partition coefficient (Wildman–Crippen LogP) is -1.24. The van der Waals surface area contributed by atoms with E-state index in [4.69, 9.17) is 11.6 Å². The first-order valence-corrected chi connectivity index (χ1v) is 2.39. The molecule has 0 unspecified atom stereocenters. The molecule has 0 saturated carbocycles. The van der Waals surface area contributed by atoms with Gasteiger partial charge in [0.1, 0.15) is 0 Å². The first-order valence-electron chi connectivity index (χ1n) is 2.01. The van der Waals surface area contributed by atoms with Gasteiger partial charge in [0.25, 0.3) is 0 Å². The zero-order chi connectivity index (χ0) is 5.11. The van der Waals surface area contributed by atoms with Crippen LogP contribution in [0.25, 0.3) is 0 Å². The molecule has 0 N–H and O–H groups in total. The average Bonchev–Trinajstić information content (AvgIpc) is 1.69. The number of hydrogen-bond donors (Lipinski definition) is 0. The molecule has 0 bridgehead atoms. The van der Waals surface area contributed by atoms with Crippen LogP contribution < -0.4 is 12.4 Å². The van der Waals surface area contributed by atoms with Gasteiger partial charge in [-0.2, -0.15) is 30.3 Å². The molecule has 0 aliphatic rings. The van der Waals surface area contributed by atoms with E-state index in [1.54, 1.807) is 24.3 Å². The van der Waals surface area contributed by atoms with E-state index in [9.17, 15) is 0 Å². The van der Waals surface area contributed by atoms with Crippen molar-refractivity contribution in [1.29, 1.82) is 0 Å². The quantitative estimate of drug-likeness (QED) is 0.338. The van der Waals surface area contributed by atoms with Crippen LogP contribution in [0.2, 0.25) is 5.02 Å². The molecule has 1 rings (SSSR count). The third-order valence-electron chi connectivity index (χ3n) is 0.678. The average molecular weight is 171 g/mol. The molecule has 0 atom stereocenters. The zero-order valence-electron chi connectivity index (χ0n) is 4.77. The summed E-state index contributed by atoms with van der Waals surface area (Å²) < 4.78 is 0. The van der Waals surface area contributed by atoms with Crippen LogP contribution in [-0.4, -0.2) is 23.1 Å². The Hall–Kier alpha value is 0.566. The van der Waals surface area contributed by atoms with Gasteiger partial charge in [-0.05, 0) is 0 Å². The summed E-state index contributed by atoms with van der Waals surface area (Å²) in [6, 6.07) is 10.00.